The Kier molecular flexibility index (Phi) is 8.18. The number of aliphatic hydroxyl groups excluding tert-OH is 1. The Labute approximate surface area is 148 Å². The molecule has 0 aliphatic carbocycles. The van der Waals surface area contributed by atoms with E-state index in [0.717, 1.165) is 0 Å². The molecule has 1 aromatic rings. The number of nitrogens with zero attached hydrogens (tertiary/aromatic N) is 1. The van der Waals surface area contributed by atoms with Gasteiger partial charge in [0.15, 0.2) is 0 Å². The summed E-state index contributed by atoms with van der Waals surface area (Å²) in [6.07, 6.45) is 2.90. The summed E-state index contributed by atoms with van der Waals surface area (Å²) >= 11 is 0. The van der Waals surface area contributed by atoms with Crippen molar-refractivity contribution in [3.05, 3.63) is 18.2 Å². The topological polar surface area (TPSA) is 200 Å². The van der Waals surface area contributed by atoms with Crippen LogP contribution in [0.15, 0.2) is 12.5 Å². The minimum absolute atomic E-state index is 0.0445. The zero-order valence-corrected chi connectivity index (χ0v) is 14.1. The Morgan fingerprint density at radius 2 is 1.96 bits per heavy atom. The van der Waals surface area contributed by atoms with Gasteiger partial charge in [-0.1, -0.05) is 0 Å². The molecule has 26 heavy (non-hydrogen) atoms. The molecule has 0 radical (unpaired) electrons. The maximum absolute atomic E-state index is 12.3. The minimum atomic E-state index is -1.22. The molecule has 3 atom stereocenters. The highest BCUT2D eigenvalue weighted by molar-refractivity contribution is 5.92. The molecule has 3 unspecified atom stereocenters. The van der Waals surface area contributed by atoms with Crippen molar-refractivity contribution < 1.29 is 29.4 Å². The molecule has 8 N–H and O–H groups in total. The van der Waals surface area contributed by atoms with Gasteiger partial charge in [0.25, 0.3) is 0 Å². The first-order valence-electron chi connectivity index (χ1n) is 7.68. The van der Waals surface area contributed by atoms with Gasteiger partial charge in [-0.3, -0.25) is 19.2 Å². The Hall–Kier alpha value is -2.99. The molecule has 1 aromatic heterocycles. The van der Waals surface area contributed by atoms with Crippen LogP contribution in [0.4, 0.5) is 0 Å². The van der Waals surface area contributed by atoms with E-state index >= 15 is 0 Å². The number of hydrogen-bond acceptors (Lipinski definition) is 7. The number of aromatic nitrogens is 2. The minimum Gasteiger partial charge on any atom is -0.480 e. The fourth-order valence-electron chi connectivity index (χ4n) is 1.83. The fraction of sp³-hybridized carbons (Fsp3) is 0.500. The molecule has 12 heteroatoms. The molecular weight excluding hydrogens is 348 g/mol. The van der Waals surface area contributed by atoms with E-state index in [1.54, 1.807) is 0 Å². The van der Waals surface area contributed by atoms with Crippen LogP contribution in [0, 0.1) is 0 Å². The lowest BCUT2D eigenvalue weighted by Crippen LogP contribution is -2.54. The number of hydrogen-bond donors (Lipinski definition) is 7. The largest absolute Gasteiger partial charge is 0.480 e. The number of aromatic amines is 1. The molecule has 0 aromatic carbocycles. The lowest BCUT2D eigenvalue weighted by atomic mass is 10.1. The second-order valence-corrected chi connectivity index (χ2v) is 5.48. The van der Waals surface area contributed by atoms with Crippen LogP contribution in [-0.2, 0) is 25.6 Å². The van der Waals surface area contributed by atoms with Crippen molar-refractivity contribution in [3.8, 4) is 0 Å². The zero-order chi connectivity index (χ0) is 19.7. The highest BCUT2D eigenvalue weighted by atomic mass is 16.4. The van der Waals surface area contributed by atoms with Gasteiger partial charge in [0.2, 0.25) is 17.7 Å². The third kappa shape index (κ3) is 6.86. The van der Waals surface area contributed by atoms with E-state index in [4.69, 9.17) is 15.9 Å². The summed E-state index contributed by atoms with van der Waals surface area (Å²) in [5.74, 6) is -3.34. The zero-order valence-electron chi connectivity index (χ0n) is 14.1. The average molecular weight is 370 g/mol. The number of rotatable bonds is 10. The number of imidazole rings is 1. The number of nitrogens with one attached hydrogen (secondary N) is 4. The van der Waals surface area contributed by atoms with E-state index in [1.165, 1.54) is 19.4 Å². The number of carboxylic acids is 1. The molecule has 1 heterocycles. The smallest absolute Gasteiger partial charge is 0.325 e. The summed E-state index contributed by atoms with van der Waals surface area (Å²) in [5.41, 5.74) is 5.96. The summed E-state index contributed by atoms with van der Waals surface area (Å²) in [4.78, 5) is 53.0. The van der Waals surface area contributed by atoms with Crippen LogP contribution < -0.4 is 21.7 Å². The maximum atomic E-state index is 12.3. The molecule has 1 rings (SSSR count). The number of carboxylic acid groups (broad SMARTS) is 1. The molecule has 12 nitrogen and oxygen atoms in total. The summed E-state index contributed by atoms with van der Waals surface area (Å²) in [6.45, 7) is 0.206. The summed E-state index contributed by atoms with van der Waals surface area (Å²) in [7, 11) is 0. The molecule has 0 saturated carbocycles. The number of carbonyl (C=O) groups is 4. The van der Waals surface area contributed by atoms with Gasteiger partial charge >= 0.3 is 5.97 Å². The Morgan fingerprint density at radius 3 is 2.50 bits per heavy atom. The van der Waals surface area contributed by atoms with Crippen LogP contribution in [0.1, 0.15) is 12.6 Å². The van der Waals surface area contributed by atoms with Crippen molar-refractivity contribution in [2.24, 2.45) is 5.73 Å². The van der Waals surface area contributed by atoms with Crippen molar-refractivity contribution in [1.82, 2.24) is 25.9 Å². The van der Waals surface area contributed by atoms with E-state index in [0.29, 0.717) is 5.69 Å². The Morgan fingerprint density at radius 1 is 1.27 bits per heavy atom. The maximum Gasteiger partial charge on any atom is 0.325 e. The van der Waals surface area contributed by atoms with Gasteiger partial charge < -0.3 is 36.9 Å². The molecule has 3 amide bonds. The van der Waals surface area contributed by atoms with Gasteiger partial charge in [0.05, 0.1) is 19.5 Å². The fourth-order valence-corrected chi connectivity index (χ4v) is 1.83. The van der Waals surface area contributed by atoms with E-state index < -0.39 is 55.0 Å². The van der Waals surface area contributed by atoms with Crippen LogP contribution in [0.2, 0.25) is 0 Å². The van der Waals surface area contributed by atoms with E-state index in [1.807, 2.05) is 0 Å². The van der Waals surface area contributed by atoms with Crippen molar-refractivity contribution in [2.45, 2.75) is 31.5 Å². The van der Waals surface area contributed by atoms with Crippen LogP contribution in [-0.4, -0.2) is 75.1 Å². The molecule has 0 fully saturated rings. The standard InChI is InChI=1S/C14H22N6O6/c1-7(14(25)26)19-11(22)4-17-13(24)10(2-8-3-16-6-18-8)20-12(23)9(15)5-21/h3,6-7,9-10,21H,2,4-5,15H2,1H3,(H,16,18)(H,17,24)(H,19,22)(H,20,23)(H,25,26). The number of aliphatic hydroxyl groups is 1. The molecule has 0 bridgehead atoms. The quantitative estimate of drug-likeness (QED) is 0.219. The van der Waals surface area contributed by atoms with Gasteiger partial charge in [0, 0.05) is 18.3 Å². The van der Waals surface area contributed by atoms with Crippen molar-refractivity contribution in [3.63, 3.8) is 0 Å². The number of amides is 3. The van der Waals surface area contributed by atoms with Gasteiger partial charge in [-0.05, 0) is 6.92 Å². The first-order chi connectivity index (χ1) is 12.2. The summed E-state index contributed by atoms with van der Waals surface area (Å²) in [6, 6.07) is -3.39. The molecule has 0 aliphatic rings. The number of aliphatic carboxylic acids is 1. The summed E-state index contributed by atoms with van der Waals surface area (Å²) in [5, 5.41) is 24.5. The Balaban J connectivity index is 2.66. The highest BCUT2D eigenvalue weighted by Crippen LogP contribution is 1.99. The van der Waals surface area contributed by atoms with Crippen LogP contribution in [0.5, 0.6) is 0 Å². The van der Waals surface area contributed by atoms with Crippen molar-refractivity contribution in [2.75, 3.05) is 13.2 Å². The van der Waals surface area contributed by atoms with Gasteiger partial charge in [-0.2, -0.15) is 0 Å². The molecular formula is C14H22N6O6. The number of nitrogens with two attached hydrogens (primary N) is 1. The number of carbonyl (C=O) groups excluding carboxylic acids is 3. The first-order valence-corrected chi connectivity index (χ1v) is 7.68. The monoisotopic (exact) mass is 370 g/mol. The Bertz CT molecular complexity index is 634. The van der Waals surface area contributed by atoms with Crippen LogP contribution in [0.3, 0.4) is 0 Å². The normalized spacial score (nSPS) is 14.0. The second kappa shape index (κ2) is 10.1. The third-order valence-electron chi connectivity index (χ3n) is 3.32. The predicted octanol–water partition coefficient (Wildman–Crippen LogP) is -3.54. The van der Waals surface area contributed by atoms with Crippen LogP contribution >= 0.6 is 0 Å². The third-order valence-corrected chi connectivity index (χ3v) is 3.32. The van der Waals surface area contributed by atoms with E-state index in [-0.39, 0.29) is 6.42 Å². The molecule has 0 saturated heterocycles. The number of H-pyrrole nitrogens is 1. The second-order valence-electron chi connectivity index (χ2n) is 5.48. The van der Waals surface area contributed by atoms with Crippen molar-refractivity contribution in [1.29, 1.82) is 0 Å². The first kappa shape index (κ1) is 21.1. The average Bonchev–Trinajstić information content (AvgIpc) is 3.11. The highest BCUT2D eigenvalue weighted by Gasteiger charge is 2.25. The van der Waals surface area contributed by atoms with Gasteiger partial charge in [0.1, 0.15) is 18.1 Å². The SMILES string of the molecule is CC(NC(=O)CNC(=O)C(Cc1cnc[nH]1)NC(=O)C(N)CO)C(=O)O. The van der Waals surface area contributed by atoms with Crippen LogP contribution in [0.25, 0.3) is 0 Å². The van der Waals surface area contributed by atoms with Gasteiger partial charge in [-0.25, -0.2) is 4.98 Å². The molecule has 0 aliphatic heterocycles. The van der Waals surface area contributed by atoms with E-state index in [2.05, 4.69) is 25.9 Å². The van der Waals surface area contributed by atoms with E-state index in [9.17, 15) is 19.2 Å². The van der Waals surface area contributed by atoms with Gasteiger partial charge in [-0.15, -0.1) is 0 Å². The molecule has 144 valence electrons. The van der Waals surface area contributed by atoms with Crippen molar-refractivity contribution >= 4 is 23.7 Å². The lowest BCUT2D eigenvalue weighted by Gasteiger charge is -2.19. The predicted molar refractivity (Wildman–Crippen MR) is 87.5 cm³/mol. The summed E-state index contributed by atoms with van der Waals surface area (Å²) < 4.78 is 0. The lowest BCUT2D eigenvalue weighted by molar-refractivity contribution is -0.141. The molecule has 0 spiro atoms.